The minimum atomic E-state index is -0.436. The molecule has 0 aliphatic carbocycles. The number of nitrogens with one attached hydrogen (secondary N) is 1. The number of hydrogen-bond donors (Lipinski definition) is 1. The average molecular weight is 628 g/mol. The summed E-state index contributed by atoms with van der Waals surface area (Å²) in [7, 11) is 0. The third kappa shape index (κ3) is 8.82. The molecule has 1 N–H and O–H groups in total. The van der Waals surface area contributed by atoms with E-state index in [4.69, 9.17) is 14.2 Å². The van der Waals surface area contributed by atoms with Crippen molar-refractivity contribution in [1.82, 2.24) is 24.9 Å². The fourth-order valence-corrected chi connectivity index (χ4v) is 6.85. The van der Waals surface area contributed by atoms with Crippen molar-refractivity contribution in [2.24, 2.45) is 16.7 Å². The molecule has 45 heavy (non-hydrogen) atoms. The second-order valence-electron chi connectivity index (χ2n) is 15.9. The summed E-state index contributed by atoms with van der Waals surface area (Å²) >= 11 is 0. The molecule has 5 saturated heterocycles. The molecule has 5 heterocycles. The van der Waals surface area contributed by atoms with E-state index >= 15 is 0 Å². The van der Waals surface area contributed by atoms with Gasteiger partial charge in [0.2, 0.25) is 0 Å². The zero-order valence-corrected chi connectivity index (χ0v) is 28.1. The molecule has 0 radical (unpaired) electrons. The van der Waals surface area contributed by atoms with Crippen LogP contribution in [0.25, 0.3) is 0 Å². The lowest BCUT2D eigenvalue weighted by atomic mass is 9.72. The molecule has 0 bridgehead atoms. The van der Waals surface area contributed by atoms with Crippen molar-refractivity contribution < 1.29 is 28.6 Å². The molecule has 11 heteroatoms. The van der Waals surface area contributed by atoms with Crippen LogP contribution in [-0.4, -0.2) is 121 Å². The van der Waals surface area contributed by atoms with Gasteiger partial charge in [-0.05, 0) is 65.9 Å². The smallest absolute Gasteiger partial charge is 0.410 e. The molecule has 6 rings (SSSR count). The molecule has 5 aliphatic rings. The van der Waals surface area contributed by atoms with E-state index in [9.17, 15) is 14.4 Å². The highest BCUT2D eigenvalue weighted by Gasteiger charge is 2.54. The van der Waals surface area contributed by atoms with Gasteiger partial charge < -0.3 is 39.1 Å². The van der Waals surface area contributed by atoms with Gasteiger partial charge in [-0.25, -0.2) is 14.4 Å². The lowest BCUT2D eigenvalue weighted by Gasteiger charge is -2.60. The summed E-state index contributed by atoms with van der Waals surface area (Å²) in [4.78, 5) is 43.9. The maximum atomic E-state index is 12.3. The minimum absolute atomic E-state index is 0.171. The fourth-order valence-electron chi connectivity index (χ4n) is 6.85. The Hall–Kier alpha value is -3.05. The quantitative estimate of drug-likeness (QED) is 0.490. The Morgan fingerprint density at radius 2 is 1.24 bits per heavy atom. The molecule has 11 nitrogen and oxygen atoms in total. The molecule has 1 aromatic rings. The second kappa shape index (κ2) is 13.0. The van der Waals surface area contributed by atoms with E-state index in [0.29, 0.717) is 17.9 Å². The first-order valence-electron chi connectivity index (χ1n) is 16.5. The van der Waals surface area contributed by atoms with Crippen molar-refractivity contribution in [3.05, 3.63) is 35.9 Å². The maximum Gasteiger partial charge on any atom is 0.410 e. The predicted molar refractivity (Wildman–Crippen MR) is 171 cm³/mol. The Labute approximate surface area is 268 Å². The number of piperidine rings is 1. The first-order chi connectivity index (χ1) is 21.1. The molecular weight excluding hydrogens is 574 g/mol. The lowest BCUT2D eigenvalue weighted by molar-refractivity contribution is -0.117. The molecule has 2 spiro atoms. The summed E-state index contributed by atoms with van der Waals surface area (Å²) in [5.74, 6) is 0.623. The van der Waals surface area contributed by atoms with Crippen LogP contribution < -0.4 is 5.32 Å². The first kappa shape index (κ1) is 33.3. The van der Waals surface area contributed by atoms with Crippen molar-refractivity contribution in [2.45, 2.75) is 72.2 Å². The highest BCUT2D eigenvalue weighted by Crippen LogP contribution is 2.41. The van der Waals surface area contributed by atoms with E-state index < -0.39 is 5.60 Å². The molecule has 0 saturated carbocycles. The van der Waals surface area contributed by atoms with Gasteiger partial charge in [0.25, 0.3) is 0 Å². The predicted octanol–water partition coefficient (Wildman–Crippen LogP) is 4.41. The maximum absolute atomic E-state index is 12.3. The van der Waals surface area contributed by atoms with Crippen molar-refractivity contribution in [3.63, 3.8) is 0 Å². The summed E-state index contributed by atoms with van der Waals surface area (Å²) in [6, 6.07) is 9.79. The van der Waals surface area contributed by atoms with Gasteiger partial charge >= 0.3 is 18.3 Å². The van der Waals surface area contributed by atoms with E-state index in [1.54, 1.807) is 4.90 Å². The highest BCUT2D eigenvalue weighted by atomic mass is 16.6. The molecule has 5 aliphatic heterocycles. The number of carbonyl (C=O) groups is 3. The molecule has 1 aromatic carbocycles. The van der Waals surface area contributed by atoms with Crippen LogP contribution in [0.3, 0.4) is 0 Å². The van der Waals surface area contributed by atoms with Crippen LogP contribution in [0, 0.1) is 16.7 Å². The number of ether oxygens (including phenoxy) is 3. The highest BCUT2D eigenvalue weighted by molar-refractivity contribution is 5.70. The third-order valence-corrected chi connectivity index (χ3v) is 9.12. The molecule has 0 unspecified atom stereocenters. The van der Waals surface area contributed by atoms with E-state index in [0.717, 1.165) is 90.4 Å². The summed E-state index contributed by atoms with van der Waals surface area (Å²) in [6.07, 6.45) is 1.47. The molecular formula is C34H53N5O6. The zero-order chi connectivity index (χ0) is 32.5. The largest absolute Gasteiger partial charge is 0.445 e. The third-order valence-electron chi connectivity index (χ3n) is 9.12. The Bertz CT molecular complexity index is 1180. The van der Waals surface area contributed by atoms with Gasteiger partial charge in [-0.1, -0.05) is 30.3 Å². The number of carbonyl (C=O) groups excluding carboxylic acids is 3. The van der Waals surface area contributed by atoms with Gasteiger partial charge in [0, 0.05) is 82.8 Å². The van der Waals surface area contributed by atoms with Crippen molar-refractivity contribution in [1.29, 1.82) is 0 Å². The number of benzene rings is 1. The summed E-state index contributed by atoms with van der Waals surface area (Å²) in [5.41, 5.74) is 0.862. The van der Waals surface area contributed by atoms with E-state index in [2.05, 4.69) is 10.2 Å². The number of likely N-dealkylation sites (tertiary alicyclic amines) is 4. The summed E-state index contributed by atoms with van der Waals surface area (Å²) in [5, 5.41) is 3.23. The van der Waals surface area contributed by atoms with Crippen molar-refractivity contribution >= 4 is 18.3 Å². The van der Waals surface area contributed by atoms with Crippen LogP contribution in [0.15, 0.2) is 30.3 Å². The number of rotatable bonds is 4. The monoisotopic (exact) mass is 627 g/mol. The SMILES string of the molecule is CC(C)(C)OC(=O)N1CC2(CN(CC3CCN(C(=O)OCc4ccccc4)CC3)C2)C1.CC(C)(C)OC(=O)N1CC2(CNC2)C1. The van der Waals surface area contributed by atoms with Gasteiger partial charge in [-0.15, -0.1) is 0 Å². The van der Waals surface area contributed by atoms with Gasteiger partial charge in [-0.3, -0.25) is 0 Å². The first-order valence-corrected chi connectivity index (χ1v) is 16.5. The van der Waals surface area contributed by atoms with Gasteiger partial charge in [-0.2, -0.15) is 0 Å². The van der Waals surface area contributed by atoms with Gasteiger partial charge in [0.05, 0.1) is 0 Å². The van der Waals surface area contributed by atoms with Crippen LogP contribution in [0.2, 0.25) is 0 Å². The average Bonchev–Trinajstić information content (AvgIpc) is 2.85. The number of nitrogens with zero attached hydrogens (tertiary/aromatic N) is 4. The Morgan fingerprint density at radius 1 is 0.733 bits per heavy atom. The van der Waals surface area contributed by atoms with Crippen LogP contribution in [0.1, 0.15) is 59.9 Å². The van der Waals surface area contributed by atoms with Crippen LogP contribution >= 0.6 is 0 Å². The molecule has 250 valence electrons. The minimum Gasteiger partial charge on any atom is -0.445 e. The number of amides is 3. The van der Waals surface area contributed by atoms with Crippen molar-refractivity contribution in [3.8, 4) is 0 Å². The zero-order valence-electron chi connectivity index (χ0n) is 28.1. The fraction of sp³-hybridized carbons (Fsp3) is 0.735. The van der Waals surface area contributed by atoms with Crippen LogP contribution in [0.4, 0.5) is 14.4 Å². The van der Waals surface area contributed by atoms with E-state index in [1.807, 2.05) is 81.7 Å². The molecule has 0 atom stereocenters. The van der Waals surface area contributed by atoms with Gasteiger partial charge in [0.15, 0.2) is 0 Å². The Balaban J connectivity index is 0.000000238. The normalized spacial score (nSPS) is 22.2. The number of hydrogen-bond acceptors (Lipinski definition) is 8. The summed E-state index contributed by atoms with van der Waals surface area (Å²) < 4.78 is 16.2. The van der Waals surface area contributed by atoms with Crippen LogP contribution in [0.5, 0.6) is 0 Å². The van der Waals surface area contributed by atoms with E-state index in [-0.39, 0.29) is 29.3 Å². The Morgan fingerprint density at radius 3 is 1.71 bits per heavy atom. The lowest BCUT2D eigenvalue weighted by Crippen LogP contribution is -2.73. The standard InChI is InChI=1S/C24H35N3O4.C10H18N2O2/c1-23(2,3)31-22(29)27-17-24(18-27)15-25(16-24)13-19-9-11-26(12-10-19)21(28)30-14-20-7-5-4-6-8-20;1-9(2,3)14-8(13)12-6-10(7-12)4-11-5-10/h4-8,19H,9-18H2,1-3H3;11H,4-7H2,1-3H3. The van der Waals surface area contributed by atoms with E-state index in [1.165, 1.54) is 0 Å². The van der Waals surface area contributed by atoms with Gasteiger partial charge in [0.1, 0.15) is 17.8 Å². The Kier molecular flexibility index (Phi) is 9.61. The molecule has 5 fully saturated rings. The summed E-state index contributed by atoms with van der Waals surface area (Å²) in [6.45, 7) is 21.9. The van der Waals surface area contributed by atoms with Crippen molar-refractivity contribution in [2.75, 3.05) is 72.0 Å². The molecule has 3 amide bonds. The topological polar surface area (TPSA) is 104 Å². The molecule has 0 aromatic heterocycles. The van der Waals surface area contributed by atoms with Crippen LogP contribution in [-0.2, 0) is 20.8 Å². The second-order valence-corrected chi connectivity index (χ2v) is 15.9.